The summed E-state index contributed by atoms with van der Waals surface area (Å²) in [6.07, 6.45) is 6.03. The lowest BCUT2D eigenvalue weighted by Crippen LogP contribution is -1.98. The second-order valence-corrected chi connectivity index (χ2v) is 16.2. The van der Waals surface area contributed by atoms with Crippen molar-refractivity contribution in [3.63, 3.8) is 0 Å². The van der Waals surface area contributed by atoms with Crippen molar-refractivity contribution < 1.29 is 0 Å². The summed E-state index contributed by atoms with van der Waals surface area (Å²) in [6, 6.07) is 26.1. The molecule has 8 aromatic rings. The number of thiophene rings is 4. The van der Waals surface area contributed by atoms with Crippen LogP contribution in [0.4, 0.5) is 0 Å². The SMILES string of the molecule is CCCn1c(C=C(C#N)c2cccs2)cc2sc(-c3ccc(-c4cc5c(cc(C=C(C#N)c6cccs6)n5CCC)s4)c4nsnc34)cc21. The van der Waals surface area contributed by atoms with Crippen LogP contribution < -0.4 is 0 Å². The fourth-order valence-corrected chi connectivity index (χ4v) is 10.5. The summed E-state index contributed by atoms with van der Waals surface area (Å²) in [6.45, 7) is 6.11. The minimum atomic E-state index is 0.689. The Labute approximate surface area is 303 Å². The fourth-order valence-electron chi connectivity index (χ4n) is 6.31. The topological polar surface area (TPSA) is 83.2 Å². The van der Waals surface area contributed by atoms with Crippen LogP contribution in [0.2, 0.25) is 0 Å². The Bertz CT molecular complexity index is 2420. The van der Waals surface area contributed by atoms with E-state index in [2.05, 4.69) is 71.5 Å². The smallest absolute Gasteiger partial charge is 0.114 e. The summed E-state index contributed by atoms with van der Waals surface area (Å²) in [4.78, 5) is 4.29. The van der Waals surface area contributed by atoms with E-state index < -0.39 is 0 Å². The predicted molar refractivity (Wildman–Crippen MR) is 211 cm³/mol. The molecule has 0 radical (unpaired) electrons. The van der Waals surface area contributed by atoms with Crippen LogP contribution in [0.25, 0.3) is 75.6 Å². The number of benzene rings is 1. The van der Waals surface area contributed by atoms with E-state index >= 15 is 0 Å². The molecule has 7 heterocycles. The fraction of sp³-hybridized carbons (Fsp3) is 0.158. The van der Waals surface area contributed by atoms with E-state index in [1.54, 1.807) is 45.3 Å². The van der Waals surface area contributed by atoms with Crippen LogP contribution in [0.1, 0.15) is 47.8 Å². The van der Waals surface area contributed by atoms with Gasteiger partial charge >= 0.3 is 0 Å². The normalized spacial score (nSPS) is 12.4. The molecule has 11 heteroatoms. The van der Waals surface area contributed by atoms with Gasteiger partial charge in [-0.2, -0.15) is 19.3 Å². The number of aryl methyl sites for hydroxylation is 2. The van der Waals surface area contributed by atoms with Gasteiger partial charge in [0.1, 0.15) is 23.2 Å². The summed E-state index contributed by atoms with van der Waals surface area (Å²) >= 11 is 7.96. The lowest BCUT2D eigenvalue weighted by atomic mass is 10.1. The lowest BCUT2D eigenvalue weighted by Gasteiger charge is -2.07. The number of hydrogen-bond donors (Lipinski definition) is 0. The van der Waals surface area contributed by atoms with Crippen molar-refractivity contribution in [2.24, 2.45) is 0 Å². The van der Waals surface area contributed by atoms with Gasteiger partial charge in [-0.05, 0) is 72.2 Å². The molecule has 0 aliphatic rings. The first kappa shape index (κ1) is 31.6. The van der Waals surface area contributed by atoms with Crippen LogP contribution >= 0.6 is 57.1 Å². The first-order valence-electron chi connectivity index (χ1n) is 15.9. The minimum Gasteiger partial charge on any atom is -0.340 e. The van der Waals surface area contributed by atoms with Crippen molar-refractivity contribution in [3.05, 3.63) is 92.6 Å². The Morgan fingerprint density at radius 2 is 1.16 bits per heavy atom. The third kappa shape index (κ3) is 5.68. The molecule has 0 atom stereocenters. The quantitative estimate of drug-likeness (QED) is 0.131. The van der Waals surface area contributed by atoms with Gasteiger partial charge in [0.05, 0.1) is 43.3 Å². The van der Waals surface area contributed by atoms with Gasteiger partial charge in [0, 0.05) is 55.1 Å². The molecule has 0 spiro atoms. The Hall–Kier alpha value is -4.62. The Morgan fingerprint density at radius 3 is 1.55 bits per heavy atom. The van der Waals surface area contributed by atoms with Gasteiger partial charge in [-0.15, -0.1) is 45.3 Å². The Kier molecular flexibility index (Phi) is 8.62. The minimum absolute atomic E-state index is 0.689. The lowest BCUT2D eigenvalue weighted by molar-refractivity contribution is 0.699. The second-order valence-electron chi connectivity index (χ2n) is 11.6. The summed E-state index contributed by atoms with van der Waals surface area (Å²) in [7, 11) is 0. The van der Waals surface area contributed by atoms with Crippen LogP contribution in [-0.2, 0) is 13.1 Å². The average molecular weight is 729 g/mol. The highest BCUT2D eigenvalue weighted by Crippen LogP contribution is 2.44. The van der Waals surface area contributed by atoms with Gasteiger partial charge < -0.3 is 9.13 Å². The molecule has 8 rings (SSSR count). The van der Waals surface area contributed by atoms with Crippen LogP contribution in [0.5, 0.6) is 0 Å². The maximum absolute atomic E-state index is 9.89. The number of hydrogen-bond acceptors (Lipinski definition) is 9. The Balaban J connectivity index is 1.17. The number of nitrogens with zero attached hydrogens (tertiary/aromatic N) is 6. The zero-order valence-corrected chi connectivity index (χ0v) is 30.7. The van der Waals surface area contributed by atoms with E-state index in [-0.39, 0.29) is 0 Å². The molecule has 0 fully saturated rings. The molecule has 1 aromatic carbocycles. The van der Waals surface area contributed by atoms with Crippen molar-refractivity contribution in [3.8, 4) is 33.0 Å². The molecule has 0 saturated carbocycles. The van der Waals surface area contributed by atoms with Gasteiger partial charge in [-0.1, -0.05) is 38.1 Å². The van der Waals surface area contributed by atoms with E-state index in [4.69, 9.17) is 8.75 Å². The van der Waals surface area contributed by atoms with E-state index in [9.17, 15) is 10.5 Å². The summed E-state index contributed by atoms with van der Waals surface area (Å²) in [5, 5.41) is 23.8. The number of rotatable bonds is 10. The van der Waals surface area contributed by atoms with E-state index in [1.807, 2.05) is 47.2 Å². The molecule has 0 aliphatic heterocycles. The van der Waals surface area contributed by atoms with E-state index in [0.717, 1.165) is 79.0 Å². The zero-order chi connectivity index (χ0) is 33.5. The van der Waals surface area contributed by atoms with Gasteiger partial charge in [0.2, 0.25) is 0 Å². The molecule has 240 valence electrons. The third-order valence-corrected chi connectivity index (χ3v) is 13.0. The van der Waals surface area contributed by atoms with Crippen molar-refractivity contribution in [1.29, 1.82) is 10.5 Å². The average Bonchev–Trinajstić information content (AvgIpc) is 3.96. The van der Waals surface area contributed by atoms with Crippen LogP contribution in [-0.4, -0.2) is 17.9 Å². The molecular weight excluding hydrogens is 701 g/mol. The number of fused-ring (bicyclic) bond motifs is 3. The summed E-state index contributed by atoms with van der Waals surface area (Å²) in [5.41, 5.74) is 9.87. The Morgan fingerprint density at radius 1 is 0.694 bits per heavy atom. The van der Waals surface area contributed by atoms with Gasteiger partial charge in [0.15, 0.2) is 0 Å². The molecule has 0 saturated heterocycles. The molecular formula is C38H28N6S5. The third-order valence-electron chi connectivity index (χ3n) is 8.48. The monoisotopic (exact) mass is 728 g/mol. The predicted octanol–water partition coefficient (Wildman–Crippen LogP) is 12.1. The van der Waals surface area contributed by atoms with Gasteiger partial charge in [0.25, 0.3) is 0 Å². The van der Waals surface area contributed by atoms with Crippen molar-refractivity contribution in [2.75, 3.05) is 0 Å². The maximum atomic E-state index is 9.89. The van der Waals surface area contributed by atoms with Gasteiger partial charge in [-0.25, -0.2) is 0 Å². The van der Waals surface area contributed by atoms with Gasteiger partial charge in [-0.3, -0.25) is 0 Å². The summed E-state index contributed by atoms with van der Waals surface area (Å²) in [5.74, 6) is 0. The number of nitriles is 2. The zero-order valence-electron chi connectivity index (χ0n) is 26.6. The molecule has 0 bridgehead atoms. The first-order chi connectivity index (χ1) is 24.1. The van der Waals surface area contributed by atoms with Crippen LogP contribution in [0.15, 0.2) is 71.4 Å². The number of allylic oxidation sites excluding steroid dienone is 2. The molecule has 6 nitrogen and oxygen atoms in total. The highest BCUT2D eigenvalue weighted by Gasteiger charge is 2.20. The van der Waals surface area contributed by atoms with Crippen LogP contribution in [0, 0.1) is 22.7 Å². The van der Waals surface area contributed by atoms with E-state index in [1.165, 1.54) is 32.2 Å². The highest BCUT2D eigenvalue weighted by molar-refractivity contribution is 7.23. The first-order valence-corrected chi connectivity index (χ1v) is 20.1. The van der Waals surface area contributed by atoms with Crippen molar-refractivity contribution >= 4 is 112 Å². The second kappa shape index (κ2) is 13.4. The molecule has 0 unspecified atom stereocenters. The maximum Gasteiger partial charge on any atom is 0.114 e. The largest absolute Gasteiger partial charge is 0.340 e. The molecule has 0 amide bonds. The van der Waals surface area contributed by atoms with Crippen LogP contribution in [0.3, 0.4) is 0 Å². The van der Waals surface area contributed by atoms with Crippen molar-refractivity contribution in [1.82, 2.24) is 17.9 Å². The van der Waals surface area contributed by atoms with Crippen molar-refractivity contribution in [2.45, 2.75) is 39.8 Å². The molecule has 7 aromatic heterocycles. The molecule has 0 aliphatic carbocycles. The molecule has 0 N–H and O–H groups in total. The summed E-state index contributed by atoms with van der Waals surface area (Å²) < 4.78 is 16.7. The van der Waals surface area contributed by atoms with E-state index in [0.29, 0.717) is 11.1 Å². The highest BCUT2D eigenvalue weighted by atomic mass is 32.1. The number of aromatic nitrogens is 4. The molecule has 49 heavy (non-hydrogen) atoms. The standard InChI is InChI=1S/C38H28N6S5/c1-3-11-43-25(15-23(21-39)31-7-5-13-45-31)17-35-29(43)19-33(47-35)27-9-10-28(38-37(27)41-49-42-38)34-20-30-36(48-34)18-26(44(30)12-4-2)16-24(22-40)32-8-6-14-46-32/h5-10,13-20H,3-4,11-12H2,1-2H3.